The second-order valence-electron chi connectivity index (χ2n) is 3.53. The maximum absolute atomic E-state index is 12.0. The summed E-state index contributed by atoms with van der Waals surface area (Å²) in [6.07, 6.45) is 0. The Hall–Kier alpha value is -1.35. The van der Waals surface area contributed by atoms with Gasteiger partial charge in [0, 0.05) is 25.2 Å². The molecule has 0 fully saturated rings. The van der Waals surface area contributed by atoms with Crippen LogP contribution in [0.5, 0.6) is 0 Å². The van der Waals surface area contributed by atoms with Gasteiger partial charge in [0.2, 0.25) is 0 Å². The number of likely N-dealkylation sites (N-methyl/N-ethyl adjacent to an activating group) is 2. The summed E-state index contributed by atoms with van der Waals surface area (Å²) in [5.74, 6) is 0.0808. The van der Waals surface area contributed by atoms with Crippen LogP contribution >= 0.6 is 0 Å². The lowest BCUT2D eigenvalue weighted by Gasteiger charge is -2.20. The molecule has 1 N–H and O–H groups in total. The van der Waals surface area contributed by atoms with E-state index in [9.17, 15) is 4.79 Å². The van der Waals surface area contributed by atoms with Crippen molar-refractivity contribution >= 4 is 5.91 Å². The van der Waals surface area contributed by atoms with Crippen LogP contribution in [-0.2, 0) is 0 Å². The Balaban J connectivity index is 2.56. The Bertz CT molecular complexity index is 311. The van der Waals surface area contributed by atoms with Gasteiger partial charge in [0.05, 0.1) is 0 Å². The van der Waals surface area contributed by atoms with Gasteiger partial charge >= 0.3 is 0 Å². The van der Waals surface area contributed by atoms with E-state index in [1.165, 1.54) is 0 Å². The third-order valence-corrected chi connectivity index (χ3v) is 2.43. The normalized spacial score (nSPS) is 10.1. The minimum atomic E-state index is 0.0808. The second-order valence-corrected chi connectivity index (χ2v) is 3.53. The van der Waals surface area contributed by atoms with Crippen molar-refractivity contribution in [2.45, 2.75) is 13.8 Å². The van der Waals surface area contributed by atoms with E-state index in [1.54, 1.807) is 12.1 Å². The topological polar surface area (TPSA) is 32.3 Å². The van der Waals surface area contributed by atoms with Crippen LogP contribution in [0.1, 0.15) is 24.2 Å². The molecule has 0 atom stereocenters. The molecule has 3 nitrogen and oxygen atoms in total. The van der Waals surface area contributed by atoms with Crippen molar-refractivity contribution < 1.29 is 4.79 Å². The molecule has 0 spiro atoms. The largest absolute Gasteiger partial charge is 0.338 e. The van der Waals surface area contributed by atoms with Crippen LogP contribution in [0.25, 0.3) is 0 Å². The molecule has 16 heavy (non-hydrogen) atoms. The van der Waals surface area contributed by atoms with Crippen LogP contribution in [0.2, 0.25) is 0 Å². The summed E-state index contributed by atoms with van der Waals surface area (Å²) in [4.78, 5) is 13.9. The molecule has 87 valence electrons. The van der Waals surface area contributed by atoms with Gasteiger partial charge in [0.1, 0.15) is 0 Å². The summed E-state index contributed by atoms with van der Waals surface area (Å²) >= 11 is 0. The lowest BCUT2D eigenvalue weighted by Crippen LogP contribution is -2.36. The number of hydrogen-bond donors (Lipinski definition) is 1. The summed E-state index contributed by atoms with van der Waals surface area (Å²) in [5.41, 5.74) is 0.709. The first-order chi connectivity index (χ1) is 7.79. The van der Waals surface area contributed by atoms with Crippen LogP contribution in [0.3, 0.4) is 0 Å². The van der Waals surface area contributed by atoms with Gasteiger partial charge in [-0.05, 0) is 31.7 Å². The zero-order valence-electron chi connectivity index (χ0n) is 9.99. The quantitative estimate of drug-likeness (QED) is 0.736. The van der Waals surface area contributed by atoms with Gasteiger partial charge in [-0.15, -0.1) is 0 Å². The maximum Gasteiger partial charge on any atom is 0.253 e. The lowest BCUT2D eigenvalue weighted by atomic mass is 10.2. The molecule has 0 aliphatic carbocycles. The van der Waals surface area contributed by atoms with Crippen molar-refractivity contribution in [1.29, 1.82) is 0 Å². The van der Waals surface area contributed by atoms with Crippen LogP contribution in [-0.4, -0.2) is 37.0 Å². The van der Waals surface area contributed by atoms with Crippen LogP contribution < -0.4 is 5.32 Å². The fourth-order valence-corrected chi connectivity index (χ4v) is 1.50. The van der Waals surface area contributed by atoms with E-state index in [1.807, 2.05) is 24.0 Å². The molecule has 0 aliphatic rings. The zero-order chi connectivity index (χ0) is 11.8. The van der Waals surface area contributed by atoms with Gasteiger partial charge in [-0.1, -0.05) is 19.1 Å². The molecule has 0 heterocycles. The monoisotopic (exact) mass is 219 g/mol. The molecule has 1 radical (unpaired) electrons. The third-order valence-electron chi connectivity index (χ3n) is 2.43. The molecule has 1 aromatic carbocycles. The molecular formula is C13H19N2O. The third kappa shape index (κ3) is 3.66. The lowest BCUT2D eigenvalue weighted by molar-refractivity contribution is 0.0766. The predicted molar refractivity (Wildman–Crippen MR) is 65.4 cm³/mol. The number of hydrogen-bond acceptors (Lipinski definition) is 2. The number of nitrogens with one attached hydrogen (secondary N) is 1. The van der Waals surface area contributed by atoms with E-state index in [-0.39, 0.29) is 5.91 Å². The van der Waals surface area contributed by atoms with Crippen molar-refractivity contribution in [1.82, 2.24) is 10.2 Å². The number of benzene rings is 1. The molecule has 0 aliphatic heterocycles. The van der Waals surface area contributed by atoms with Crippen molar-refractivity contribution in [3.63, 3.8) is 0 Å². The zero-order valence-corrected chi connectivity index (χ0v) is 9.99. The highest BCUT2D eigenvalue weighted by atomic mass is 16.2. The molecule has 1 aromatic rings. The summed E-state index contributed by atoms with van der Waals surface area (Å²) in [7, 11) is 0. The standard InChI is InChI=1S/C13H19N2O/c1-3-14-10-11-15(4-2)13(16)12-8-6-5-7-9-12/h5-6,8-9,14H,3-4,10-11H2,1-2H3. The smallest absolute Gasteiger partial charge is 0.253 e. The SMILES string of the molecule is CCNCCN(CC)C(=O)c1c[c]ccc1. The van der Waals surface area contributed by atoms with Crippen LogP contribution in [0, 0.1) is 6.07 Å². The van der Waals surface area contributed by atoms with Gasteiger partial charge in [-0.2, -0.15) is 0 Å². The van der Waals surface area contributed by atoms with Gasteiger partial charge in [-0.25, -0.2) is 0 Å². The van der Waals surface area contributed by atoms with Crippen molar-refractivity contribution in [2.24, 2.45) is 0 Å². The first-order valence-electron chi connectivity index (χ1n) is 5.75. The Morgan fingerprint density at radius 2 is 2.31 bits per heavy atom. The van der Waals surface area contributed by atoms with E-state index >= 15 is 0 Å². The van der Waals surface area contributed by atoms with Crippen molar-refractivity contribution in [3.05, 3.63) is 35.9 Å². The Morgan fingerprint density at radius 3 is 2.88 bits per heavy atom. The summed E-state index contributed by atoms with van der Waals surface area (Å²) < 4.78 is 0. The van der Waals surface area contributed by atoms with Crippen molar-refractivity contribution in [2.75, 3.05) is 26.2 Å². The Labute approximate surface area is 97.5 Å². The number of rotatable bonds is 6. The number of carbonyl (C=O) groups excluding carboxylic acids is 1. The fourth-order valence-electron chi connectivity index (χ4n) is 1.50. The average molecular weight is 219 g/mol. The highest BCUT2D eigenvalue weighted by molar-refractivity contribution is 5.94. The van der Waals surface area contributed by atoms with E-state index in [0.29, 0.717) is 5.56 Å². The molecule has 1 amide bonds. The number of carbonyl (C=O) groups is 1. The second kappa shape index (κ2) is 7.01. The molecule has 0 saturated heterocycles. The first-order valence-corrected chi connectivity index (χ1v) is 5.75. The fraction of sp³-hybridized carbons (Fsp3) is 0.462. The minimum absolute atomic E-state index is 0.0808. The van der Waals surface area contributed by atoms with Gasteiger partial charge in [0.15, 0.2) is 0 Å². The average Bonchev–Trinajstić information content (AvgIpc) is 2.35. The number of nitrogens with zero attached hydrogens (tertiary/aromatic N) is 1. The highest BCUT2D eigenvalue weighted by Crippen LogP contribution is 2.03. The molecule has 0 unspecified atom stereocenters. The van der Waals surface area contributed by atoms with E-state index < -0.39 is 0 Å². The van der Waals surface area contributed by atoms with Crippen LogP contribution in [0.15, 0.2) is 24.3 Å². The Kier molecular flexibility index (Phi) is 5.57. The maximum atomic E-state index is 12.0. The van der Waals surface area contributed by atoms with Crippen molar-refractivity contribution in [3.8, 4) is 0 Å². The summed E-state index contributed by atoms with van der Waals surface area (Å²) in [5, 5.41) is 3.22. The Morgan fingerprint density at radius 1 is 1.50 bits per heavy atom. The molecule has 0 saturated carbocycles. The molecule has 3 heteroatoms. The van der Waals surface area contributed by atoms with Gasteiger partial charge in [0.25, 0.3) is 5.91 Å². The minimum Gasteiger partial charge on any atom is -0.338 e. The molecule has 0 aromatic heterocycles. The van der Waals surface area contributed by atoms with E-state index in [2.05, 4.69) is 18.3 Å². The molecule has 1 rings (SSSR count). The first kappa shape index (κ1) is 12.7. The number of amides is 1. The van der Waals surface area contributed by atoms with Crippen LogP contribution in [0.4, 0.5) is 0 Å². The molecular weight excluding hydrogens is 200 g/mol. The highest BCUT2D eigenvalue weighted by Gasteiger charge is 2.12. The summed E-state index contributed by atoms with van der Waals surface area (Å²) in [6, 6.07) is 10.1. The predicted octanol–water partition coefficient (Wildman–Crippen LogP) is 1.56. The van der Waals surface area contributed by atoms with E-state index in [4.69, 9.17) is 0 Å². The molecule has 0 bridgehead atoms. The van der Waals surface area contributed by atoms with E-state index in [0.717, 1.165) is 26.2 Å². The summed E-state index contributed by atoms with van der Waals surface area (Å²) in [6.45, 7) is 7.31. The van der Waals surface area contributed by atoms with Gasteiger partial charge < -0.3 is 10.2 Å². The van der Waals surface area contributed by atoms with Gasteiger partial charge in [-0.3, -0.25) is 4.79 Å².